The third-order valence-electron chi connectivity index (χ3n) is 8.58. The lowest BCUT2D eigenvalue weighted by molar-refractivity contribution is -0.0222. The lowest BCUT2D eigenvalue weighted by Crippen LogP contribution is -2.66. The van der Waals surface area contributed by atoms with Crippen molar-refractivity contribution in [3.05, 3.63) is 41.6 Å². The maximum atomic E-state index is 6.35. The lowest BCUT2D eigenvalue weighted by Gasteiger charge is -2.58. The summed E-state index contributed by atoms with van der Waals surface area (Å²) >= 11 is 0. The Kier molecular flexibility index (Phi) is 2.91. The summed E-state index contributed by atoms with van der Waals surface area (Å²) in [4.78, 5) is 5.31. The number of anilines is 1. The summed E-state index contributed by atoms with van der Waals surface area (Å²) in [6.45, 7) is 3.07. The van der Waals surface area contributed by atoms with E-state index in [9.17, 15) is 0 Å². The SMILES string of the molecule is COc1cc2c(cc1OC)[C@@]13CCN4CC5=CCO[C@H]6C=CN2[C@H]1[C@H]6[C@H]5C[C@H]43. The largest absolute Gasteiger partial charge is 0.493 e. The minimum atomic E-state index is 0.165. The summed E-state index contributed by atoms with van der Waals surface area (Å²) in [5.41, 5.74) is 4.56. The van der Waals surface area contributed by atoms with Gasteiger partial charge < -0.3 is 19.1 Å². The average Bonchev–Trinajstić information content (AvgIpc) is 3.18. The molecule has 1 aliphatic carbocycles. The molecule has 5 nitrogen and oxygen atoms in total. The molecule has 6 aliphatic rings. The van der Waals surface area contributed by atoms with Gasteiger partial charge in [-0.25, -0.2) is 0 Å². The van der Waals surface area contributed by atoms with Crippen molar-refractivity contribution in [1.29, 1.82) is 0 Å². The van der Waals surface area contributed by atoms with Crippen molar-refractivity contribution in [3.63, 3.8) is 0 Å². The van der Waals surface area contributed by atoms with Crippen molar-refractivity contribution in [2.24, 2.45) is 11.8 Å². The Balaban J connectivity index is 1.52. The van der Waals surface area contributed by atoms with E-state index in [0.717, 1.165) is 24.7 Å². The first-order valence-corrected chi connectivity index (χ1v) is 10.5. The summed E-state index contributed by atoms with van der Waals surface area (Å²) < 4.78 is 17.7. The van der Waals surface area contributed by atoms with Crippen LogP contribution in [0.4, 0.5) is 5.69 Å². The van der Waals surface area contributed by atoms with Crippen LogP contribution in [0.3, 0.4) is 0 Å². The van der Waals surface area contributed by atoms with Gasteiger partial charge in [0.15, 0.2) is 11.5 Å². The van der Waals surface area contributed by atoms with Crippen LogP contribution >= 0.6 is 0 Å². The molecule has 0 radical (unpaired) electrons. The average molecular weight is 378 g/mol. The number of fused-ring (bicyclic) bond motifs is 2. The van der Waals surface area contributed by atoms with Crippen molar-refractivity contribution in [1.82, 2.24) is 4.90 Å². The summed E-state index contributed by atoms with van der Waals surface area (Å²) in [7, 11) is 3.47. The summed E-state index contributed by atoms with van der Waals surface area (Å²) in [6.07, 6.45) is 9.69. The van der Waals surface area contributed by atoms with Crippen molar-refractivity contribution in [2.75, 3.05) is 38.8 Å². The number of hydrogen-bond donors (Lipinski definition) is 0. The van der Waals surface area contributed by atoms with Gasteiger partial charge in [0.1, 0.15) is 0 Å². The molecule has 7 rings (SSSR count). The molecule has 0 N–H and O–H groups in total. The Labute approximate surface area is 165 Å². The van der Waals surface area contributed by atoms with Gasteiger partial charge in [0.05, 0.1) is 33.0 Å². The molecule has 0 unspecified atom stereocenters. The van der Waals surface area contributed by atoms with Crippen LogP contribution in [0.15, 0.2) is 36.1 Å². The number of hydrogen-bond acceptors (Lipinski definition) is 5. The van der Waals surface area contributed by atoms with E-state index in [1.54, 1.807) is 19.8 Å². The van der Waals surface area contributed by atoms with E-state index in [1.165, 1.54) is 30.6 Å². The van der Waals surface area contributed by atoms with E-state index in [0.29, 0.717) is 23.9 Å². The van der Waals surface area contributed by atoms with E-state index >= 15 is 0 Å². The van der Waals surface area contributed by atoms with Crippen LogP contribution < -0.4 is 14.4 Å². The van der Waals surface area contributed by atoms with Crippen molar-refractivity contribution in [2.45, 2.75) is 36.4 Å². The second kappa shape index (κ2) is 5.14. The minimum absolute atomic E-state index is 0.165. The molecule has 146 valence electrons. The van der Waals surface area contributed by atoms with Gasteiger partial charge in [-0.1, -0.05) is 11.6 Å². The zero-order valence-corrected chi connectivity index (χ0v) is 16.4. The highest BCUT2D eigenvalue weighted by Gasteiger charge is 2.69. The second-order valence-electron chi connectivity index (χ2n) is 9.19. The molecular formula is C23H26N2O3. The van der Waals surface area contributed by atoms with E-state index in [1.807, 2.05) is 0 Å². The third kappa shape index (κ3) is 1.61. The maximum absolute atomic E-state index is 6.35. The molecule has 28 heavy (non-hydrogen) atoms. The van der Waals surface area contributed by atoms with Crippen LogP contribution in [-0.4, -0.2) is 57.0 Å². The molecule has 3 fully saturated rings. The van der Waals surface area contributed by atoms with Gasteiger partial charge in [0, 0.05) is 41.9 Å². The normalized spacial score (nSPS) is 41.4. The molecule has 5 aliphatic heterocycles. The first kappa shape index (κ1) is 15.9. The highest BCUT2D eigenvalue weighted by atomic mass is 16.5. The third-order valence-corrected chi connectivity index (χ3v) is 8.58. The first-order valence-electron chi connectivity index (χ1n) is 10.5. The molecule has 0 aromatic heterocycles. The van der Waals surface area contributed by atoms with Gasteiger partial charge in [-0.05, 0) is 43.0 Å². The number of rotatable bonds is 2. The number of ether oxygens (including phenoxy) is 3. The van der Waals surface area contributed by atoms with Gasteiger partial charge in [-0.3, -0.25) is 4.90 Å². The Hall–Kier alpha value is -1.98. The van der Waals surface area contributed by atoms with Crippen LogP contribution in [-0.2, 0) is 10.2 Å². The molecule has 5 heteroatoms. The van der Waals surface area contributed by atoms with Crippen LogP contribution in [0.5, 0.6) is 11.5 Å². The quantitative estimate of drug-likeness (QED) is 0.740. The van der Waals surface area contributed by atoms with Crippen LogP contribution in [0, 0.1) is 11.8 Å². The Morgan fingerprint density at radius 1 is 1.18 bits per heavy atom. The fourth-order valence-corrected chi connectivity index (χ4v) is 7.63. The predicted molar refractivity (Wildman–Crippen MR) is 106 cm³/mol. The van der Waals surface area contributed by atoms with Gasteiger partial charge >= 0.3 is 0 Å². The van der Waals surface area contributed by atoms with Crippen molar-refractivity contribution in [3.8, 4) is 11.5 Å². The molecule has 0 amide bonds. The zero-order chi connectivity index (χ0) is 18.6. The van der Waals surface area contributed by atoms with E-state index < -0.39 is 0 Å². The maximum Gasteiger partial charge on any atom is 0.162 e. The topological polar surface area (TPSA) is 34.2 Å². The van der Waals surface area contributed by atoms with Gasteiger partial charge in [-0.15, -0.1) is 0 Å². The molecule has 1 saturated carbocycles. The predicted octanol–water partition coefficient (Wildman–Crippen LogP) is 2.71. The van der Waals surface area contributed by atoms with Crippen molar-refractivity contribution < 1.29 is 14.2 Å². The van der Waals surface area contributed by atoms with E-state index in [4.69, 9.17) is 14.2 Å². The van der Waals surface area contributed by atoms with Crippen LogP contribution in [0.1, 0.15) is 18.4 Å². The zero-order valence-electron chi connectivity index (χ0n) is 16.4. The van der Waals surface area contributed by atoms with Gasteiger partial charge in [-0.2, -0.15) is 0 Å². The summed E-state index contributed by atoms with van der Waals surface area (Å²) in [5.74, 6) is 2.85. The monoisotopic (exact) mass is 378 g/mol. The number of nitrogens with zero attached hydrogens (tertiary/aromatic N) is 2. The smallest absolute Gasteiger partial charge is 0.162 e. The number of methoxy groups -OCH3 is 2. The molecule has 5 heterocycles. The summed E-state index contributed by atoms with van der Waals surface area (Å²) in [6, 6.07) is 5.56. The highest BCUT2D eigenvalue weighted by Crippen LogP contribution is 2.66. The summed E-state index contributed by atoms with van der Waals surface area (Å²) in [5, 5.41) is 0. The van der Waals surface area contributed by atoms with Crippen LogP contribution in [0.2, 0.25) is 0 Å². The molecule has 1 spiro atoms. The fraction of sp³-hybridized carbons (Fsp3) is 0.565. The Bertz CT molecular complexity index is 940. The Morgan fingerprint density at radius 2 is 2.04 bits per heavy atom. The molecule has 6 atom stereocenters. The van der Waals surface area contributed by atoms with E-state index in [2.05, 4.69) is 40.3 Å². The number of piperidine rings is 1. The number of benzene rings is 1. The van der Waals surface area contributed by atoms with Gasteiger partial charge in [0.25, 0.3) is 0 Å². The Morgan fingerprint density at radius 3 is 2.89 bits per heavy atom. The second-order valence-corrected chi connectivity index (χ2v) is 9.19. The first-order chi connectivity index (χ1) is 13.8. The van der Waals surface area contributed by atoms with Gasteiger partial charge in [0.2, 0.25) is 0 Å². The van der Waals surface area contributed by atoms with Crippen molar-refractivity contribution >= 4 is 5.69 Å². The standard InChI is InChI=1S/C23H26N2O3/c1-26-18-10-15-16(11-19(18)27-2)25-6-3-17-21-14-9-20-23(15,22(21)25)5-7-24(20)12-13(14)4-8-28-17/h3-4,6,10-11,14,17,20-22H,5,7-9,12H2,1-2H3/t14-,17-,20-,21-,22-,23+/m0/s1. The molecule has 2 bridgehead atoms. The molecular weight excluding hydrogens is 352 g/mol. The van der Waals surface area contributed by atoms with Crippen LogP contribution in [0.25, 0.3) is 0 Å². The molecule has 1 aromatic carbocycles. The molecule has 1 aromatic rings. The molecule has 2 saturated heterocycles. The lowest BCUT2D eigenvalue weighted by atomic mass is 9.54. The minimum Gasteiger partial charge on any atom is -0.493 e. The van der Waals surface area contributed by atoms with E-state index in [-0.39, 0.29) is 11.5 Å². The highest BCUT2D eigenvalue weighted by molar-refractivity contribution is 5.74. The fourth-order valence-electron chi connectivity index (χ4n) is 7.63.